The van der Waals surface area contributed by atoms with Gasteiger partial charge in [-0.3, -0.25) is 29.3 Å². The van der Waals surface area contributed by atoms with Crippen molar-refractivity contribution < 1.29 is 47.5 Å². The van der Waals surface area contributed by atoms with Crippen LogP contribution in [0.4, 0.5) is 31.9 Å². The molecule has 3 amide bonds. The number of benzene rings is 4. The first-order valence-electron chi connectivity index (χ1n) is 17.6. The number of nitrogens with one attached hydrogen (secondary N) is 5. The number of aromatic nitrogens is 2. The number of phenols is 1. The van der Waals surface area contributed by atoms with Crippen LogP contribution >= 0.6 is 0 Å². The van der Waals surface area contributed by atoms with E-state index in [0.717, 1.165) is 36.5 Å². The zero-order chi connectivity index (χ0) is 42.2. The molecule has 0 saturated carbocycles. The summed E-state index contributed by atoms with van der Waals surface area (Å²) < 4.78 is 34.9. The zero-order valence-electron chi connectivity index (χ0n) is 30.5. The second-order valence-electron chi connectivity index (χ2n) is 12.7. The number of carboxylic acids is 1. The fourth-order valence-corrected chi connectivity index (χ4v) is 5.88. The maximum Gasteiger partial charge on any atom is 0.335 e. The van der Waals surface area contributed by atoms with Crippen molar-refractivity contribution in [3.8, 4) is 28.2 Å². The quantitative estimate of drug-likeness (QED) is 0.0306. The number of hydrogen-bond acceptors (Lipinski definition) is 13. The Balaban J connectivity index is 1.04. The van der Waals surface area contributed by atoms with Crippen LogP contribution in [-0.4, -0.2) is 75.0 Å². The van der Waals surface area contributed by atoms with Crippen LogP contribution in [0.25, 0.3) is 33.4 Å². The van der Waals surface area contributed by atoms with Gasteiger partial charge in [0.1, 0.15) is 17.5 Å². The van der Waals surface area contributed by atoms with E-state index in [1.54, 1.807) is 24.3 Å². The van der Waals surface area contributed by atoms with Crippen LogP contribution in [0, 0.1) is 21.7 Å². The summed E-state index contributed by atoms with van der Waals surface area (Å²) in [6, 6.07) is 15.9. The van der Waals surface area contributed by atoms with Crippen LogP contribution in [0.2, 0.25) is 0 Å². The molecule has 3 aromatic carbocycles. The molecule has 6 rings (SSSR count). The van der Waals surface area contributed by atoms with Gasteiger partial charge in [0.2, 0.25) is 29.0 Å². The maximum absolute atomic E-state index is 14.7. The van der Waals surface area contributed by atoms with E-state index in [-0.39, 0.29) is 101 Å². The maximum atomic E-state index is 14.7. The minimum Gasteiger partial charge on any atom is -0.505 e. The Kier molecular flexibility index (Phi) is 12.3. The normalized spacial score (nSPS) is 10.9. The number of aromatic hydroxyl groups is 1. The number of para-hydroxylation sites is 1. The Morgan fingerprint density at radius 1 is 0.831 bits per heavy atom. The molecule has 1 aliphatic carbocycles. The van der Waals surface area contributed by atoms with Gasteiger partial charge in [-0.1, -0.05) is 24.3 Å². The van der Waals surface area contributed by atoms with E-state index < -0.39 is 51.4 Å². The summed E-state index contributed by atoms with van der Waals surface area (Å²) in [5.74, 6) is -6.38. The van der Waals surface area contributed by atoms with Crippen LogP contribution in [-0.2, 0) is 9.59 Å². The Hall–Kier alpha value is -8.03. The predicted molar refractivity (Wildman–Crippen MR) is 208 cm³/mol. The van der Waals surface area contributed by atoms with E-state index in [1.807, 2.05) is 6.07 Å². The molecular formula is C39H32F2N8O10. The molecule has 0 saturated heterocycles. The number of nitro groups is 1. The lowest BCUT2D eigenvalue weighted by Crippen LogP contribution is -2.36. The number of aromatic carboxylic acids is 1. The Morgan fingerprint density at radius 2 is 1.54 bits per heavy atom. The van der Waals surface area contributed by atoms with Crippen molar-refractivity contribution in [3.05, 3.63) is 122 Å². The minimum atomic E-state index is -1.38. The molecule has 59 heavy (non-hydrogen) atoms. The van der Waals surface area contributed by atoms with Gasteiger partial charge in [0.05, 0.1) is 10.5 Å². The number of carbonyl (C=O) groups excluding carboxylic acids is 3. The van der Waals surface area contributed by atoms with Gasteiger partial charge in [-0.25, -0.2) is 18.6 Å². The standard InChI is InChI=1S/C39H32F2N8O10/c40-26-15-24-31(17-29(26)50)59-32-18-30(51)27(41)16-25(32)35(24)22-7-6-20(38(55)56)14-23(22)37(54)45-11-9-34(53)43-13-12-42-33(52)8-10-44-36-28(49(57)58)19-46-39(48-36)47-21-4-2-1-3-5-21/h1-7,14-19,50H,8-13H2,(H,42,52)(H,43,53)(H,45,54)(H,55,56)(H2,44,46,47,48). The van der Waals surface area contributed by atoms with Crippen molar-refractivity contribution in [2.75, 3.05) is 36.8 Å². The number of anilines is 3. The first-order chi connectivity index (χ1) is 28.3. The highest BCUT2D eigenvalue weighted by atomic mass is 19.1. The number of phenolic OH excluding ortho intramolecular Hbond substituents is 1. The van der Waals surface area contributed by atoms with Crippen molar-refractivity contribution >= 4 is 57.8 Å². The van der Waals surface area contributed by atoms with Gasteiger partial charge in [-0.15, -0.1) is 0 Å². The molecule has 0 unspecified atom stereocenters. The summed E-state index contributed by atoms with van der Waals surface area (Å²) in [4.78, 5) is 81.4. The Labute approximate surface area is 330 Å². The SMILES string of the molecule is O=C(CCNC(=O)c1cc(C(=O)O)ccc1-c1c2cc(F)c(=O)cc-2oc2cc(O)c(F)cc12)NCCNC(=O)CCNc1nc(Nc2ccccc2)ncc1[N+](=O)[O-]. The predicted octanol–water partition coefficient (Wildman–Crippen LogP) is 4.54. The van der Waals surface area contributed by atoms with Gasteiger partial charge in [0, 0.05) is 78.9 Å². The van der Waals surface area contributed by atoms with E-state index >= 15 is 0 Å². The monoisotopic (exact) mass is 810 g/mol. The van der Waals surface area contributed by atoms with Gasteiger partial charge < -0.3 is 41.2 Å². The molecule has 0 spiro atoms. The highest BCUT2D eigenvalue weighted by molar-refractivity contribution is 6.10. The third-order valence-electron chi connectivity index (χ3n) is 8.67. The molecule has 18 nitrogen and oxygen atoms in total. The highest BCUT2D eigenvalue weighted by Gasteiger charge is 2.25. The average Bonchev–Trinajstić information content (AvgIpc) is 3.20. The number of amides is 3. The Bertz CT molecular complexity index is 2640. The first-order valence-corrected chi connectivity index (χ1v) is 17.6. The van der Waals surface area contributed by atoms with E-state index in [0.29, 0.717) is 5.69 Å². The van der Waals surface area contributed by atoms with E-state index in [2.05, 4.69) is 36.6 Å². The van der Waals surface area contributed by atoms with E-state index in [4.69, 9.17) is 4.42 Å². The third kappa shape index (κ3) is 9.68. The van der Waals surface area contributed by atoms with Gasteiger partial charge in [-0.05, 0) is 42.0 Å². The molecule has 2 heterocycles. The molecular weight excluding hydrogens is 778 g/mol. The summed E-state index contributed by atoms with van der Waals surface area (Å²) in [6.07, 6.45) is 0.706. The highest BCUT2D eigenvalue weighted by Crippen LogP contribution is 2.43. The zero-order valence-corrected chi connectivity index (χ0v) is 30.5. The Morgan fingerprint density at radius 3 is 2.24 bits per heavy atom. The number of carboxylic acid groups (broad SMARTS) is 1. The second kappa shape index (κ2) is 17.8. The number of fused-ring (bicyclic) bond motifs is 2. The molecule has 0 atom stereocenters. The van der Waals surface area contributed by atoms with Crippen molar-refractivity contribution in [1.82, 2.24) is 25.9 Å². The van der Waals surface area contributed by atoms with E-state index in [1.165, 1.54) is 12.1 Å². The van der Waals surface area contributed by atoms with Crippen molar-refractivity contribution in [2.45, 2.75) is 12.8 Å². The molecule has 0 fully saturated rings. The topological polar surface area (TPSA) is 268 Å². The minimum absolute atomic E-state index is 0.00247. The van der Waals surface area contributed by atoms with Crippen LogP contribution in [0.15, 0.2) is 88.2 Å². The largest absolute Gasteiger partial charge is 0.505 e. The lowest BCUT2D eigenvalue weighted by atomic mass is 9.89. The number of nitrogens with zero attached hydrogens (tertiary/aromatic N) is 3. The number of halogens is 2. The lowest BCUT2D eigenvalue weighted by molar-refractivity contribution is -0.384. The van der Waals surface area contributed by atoms with Crippen molar-refractivity contribution in [3.63, 3.8) is 0 Å². The molecule has 1 aromatic heterocycles. The van der Waals surface area contributed by atoms with Gasteiger partial charge >= 0.3 is 11.7 Å². The number of hydrogen-bond donors (Lipinski definition) is 7. The molecule has 302 valence electrons. The van der Waals surface area contributed by atoms with Gasteiger partial charge in [0.25, 0.3) is 5.91 Å². The summed E-state index contributed by atoms with van der Waals surface area (Å²) in [7, 11) is 0. The molecule has 0 radical (unpaired) electrons. The first kappa shape index (κ1) is 40.6. The lowest BCUT2D eigenvalue weighted by Gasteiger charge is -2.18. The van der Waals surface area contributed by atoms with Gasteiger partial charge in [0.15, 0.2) is 17.4 Å². The molecule has 2 aliphatic rings. The summed E-state index contributed by atoms with van der Waals surface area (Å²) >= 11 is 0. The molecule has 7 N–H and O–H groups in total. The van der Waals surface area contributed by atoms with Crippen LogP contribution in [0.5, 0.6) is 5.75 Å². The van der Waals surface area contributed by atoms with Gasteiger partial charge in [-0.2, -0.15) is 4.98 Å². The number of rotatable bonds is 16. The van der Waals surface area contributed by atoms with Crippen LogP contribution < -0.4 is 32.0 Å². The molecule has 0 bridgehead atoms. The smallest absolute Gasteiger partial charge is 0.335 e. The molecule has 1 aliphatic heterocycles. The molecule has 4 aromatic rings. The fraction of sp³-hybridized carbons (Fsp3) is 0.154. The third-order valence-corrected chi connectivity index (χ3v) is 8.67. The van der Waals surface area contributed by atoms with E-state index in [9.17, 15) is 53.1 Å². The summed E-state index contributed by atoms with van der Waals surface area (Å²) in [6.45, 7) is -0.212. The van der Waals surface area contributed by atoms with Crippen LogP contribution in [0.1, 0.15) is 33.6 Å². The average molecular weight is 811 g/mol. The summed E-state index contributed by atoms with van der Waals surface area (Å²) in [5, 5.41) is 44.5. The fourth-order valence-electron chi connectivity index (χ4n) is 5.88. The van der Waals surface area contributed by atoms with Crippen molar-refractivity contribution in [1.29, 1.82) is 0 Å². The van der Waals surface area contributed by atoms with Crippen LogP contribution in [0.3, 0.4) is 0 Å². The summed E-state index contributed by atoms with van der Waals surface area (Å²) in [5.41, 5.74) is -1.50. The number of carbonyl (C=O) groups is 4. The second-order valence-corrected chi connectivity index (χ2v) is 12.7. The van der Waals surface area contributed by atoms with Crippen molar-refractivity contribution in [2.24, 2.45) is 0 Å². The molecule has 20 heteroatoms.